The van der Waals surface area contributed by atoms with E-state index in [0.717, 1.165) is 18.0 Å². The van der Waals surface area contributed by atoms with Crippen LogP contribution >= 0.6 is 11.8 Å². The quantitative estimate of drug-likeness (QED) is 0.797. The van der Waals surface area contributed by atoms with Crippen LogP contribution in [0.5, 0.6) is 0 Å². The summed E-state index contributed by atoms with van der Waals surface area (Å²) in [7, 11) is -1.66. The molecule has 0 fully saturated rings. The van der Waals surface area contributed by atoms with Gasteiger partial charge in [0, 0.05) is 17.5 Å². The molecule has 0 bridgehead atoms. The number of nitrogens with one attached hydrogen (secondary N) is 1. The van der Waals surface area contributed by atoms with Crippen molar-refractivity contribution in [2.24, 2.45) is 0 Å². The van der Waals surface area contributed by atoms with E-state index < -0.39 is 39.0 Å². The van der Waals surface area contributed by atoms with Gasteiger partial charge in [-0.15, -0.1) is 11.8 Å². The van der Waals surface area contributed by atoms with E-state index in [-0.39, 0.29) is 22.6 Å². The first-order chi connectivity index (χ1) is 10.9. The summed E-state index contributed by atoms with van der Waals surface area (Å²) in [5.41, 5.74) is -3.17. The minimum Gasteiger partial charge on any atom is -0.248 e. The summed E-state index contributed by atoms with van der Waals surface area (Å²) in [4.78, 5) is 2.90. The fourth-order valence-electron chi connectivity index (χ4n) is 2.11. The van der Waals surface area contributed by atoms with Gasteiger partial charge in [0.15, 0.2) is 11.5 Å². The van der Waals surface area contributed by atoms with Crippen molar-refractivity contribution in [2.45, 2.75) is 48.5 Å². The van der Waals surface area contributed by atoms with Crippen LogP contribution in [0.4, 0.5) is 17.6 Å². The minimum absolute atomic E-state index is 0.00986. The molecule has 0 aliphatic carbocycles. The highest BCUT2D eigenvalue weighted by atomic mass is 32.2. The number of aromatic nitrogens is 1. The molecule has 0 saturated carbocycles. The second kappa shape index (κ2) is 6.28. The van der Waals surface area contributed by atoms with Gasteiger partial charge in [0.1, 0.15) is 5.54 Å². The molecule has 1 N–H and O–H groups in total. The number of halogens is 4. The fourth-order valence-corrected chi connectivity index (χ4v) is 4.21. The number of thioether (sulfide) groups is 1. The topological polar surface area (TPSA) is 65.8 Å². The monoisotopic (exact) mass is 381 g/mol. The molecule has 4 nitrogen and oxygen atoms in total. The molecule has 1 aromatic rings. The molecule has 0 aromatic carbocycles. The number of rotatable bonds is 2. The van der Waals surface area contributed by atoms with Crippen LogP contribution in [0.3, 0.4) is 0 Å². The zero-order chi connectivity index (χ0) is 18.3. The highest BCUT2D eigenvalue weighted by Gasteiger charge is 2.45. The number of hydrogen-bond donors (Lipinski definition) is 1. The van der Waals surface area contributed by atoms with E-state index in [0.29, 0.717) is 0 Å². The number of nitriles is 1. The first-order valence-corrected chi connectivity index (χ1v) is 9.06. The average molecular weight is 381 g/mol. The molecule has 10 heteroatoms. The van der Waals surface area contributed by atoms with Crippen LogP contribution in [0.2, 0.25) is 0 Å². The van der Waals surface area contributed by atoms with Gasteiger partial charge in [-0.25, -0.2) is 18.3 Å². The van der Waals surface area contributed by atoms with Crippen LogP contribution in [0.1, 0.15) is 38.4 Å². The van der Waals surface area contributed by atoms with Crippen molar-refractivity contribution in [3.8, 4) is 6.07 Å². The summed E-state index contributed by atoms with van der Waals surface area (Å²) in [6, 6.07) is 1.96. The standard InChI is InChI=1S/C14H15F4N3OS2/c1-12(2,3)24(22)21-13(7-19)4-5-23-10-8(13)6-20-11(9(10)15)14(16,17)18/h6,21H,4-5H2,1-3H3/t13-,24?/m0/s1. The lowest BCUT2D eigenvalue weighted by Crippen LogP contribution is -2.49. The molecule has 0 amide bonds. The summed E-state index contributed by atoms with van der Waals surface area (Å²) >= 11 is 0.893. The maximum Gasteiger partial charge on any atom is 0.436 e. The summed E-state index contributed by atoms with van der Waals surface area (Å²) in [5, 5.41) is 9.59. The normalized spacial score (nSPS) is 22.6. The zero-order valence-electron chi connectivity index (χ0n) is 13.1. The summed E-state index contributed by atoms with van der Waals surface area (Å²) < 4.78 is 67.1. The van der Waals surface area contributed by atoms with Gasteiger partial charge < -0.3 is 0 Å². The number of pyridine rings is 1. The smallest absolute Gasteiger partial charge is 0.248 e. The first kappa shape index (κ1) is 19.1. The molecule has 0 spiro atoms. The third-order valence-corrected chi connectivity index (χ3v) is 6.18. The molecule has 2 atom stereocenters. The molecule has 1 aromatic heterocycles. The molecular weight excluding hydrogens is 366 g/mol. The van der Waals surface area contributed by atoms with E-state index in [1.54, 1.807) is 20.8 Å². The molecule has 0 saturated heterocycles. The molecule has 1 unspecified atom stereocenters. The van der Waals surface area contributed by atoms with E-state index >= 15 is 0 Å². The van der Waals surface area contributed by atoms with Gasteiger partial charge in [0.05, 0.1) is 26.7 Å². The lowest BCUT2D eigenvalue weighted by molar-refractivity contribution is -0.144. The Balaban J connectivity index is 2.57. The van der Waals surface area contributed by atoms with Gasteiger partial charge in [0.2, 0.25) is 0 Å². The summed E-state index contributed by atoms with van der Waals surface area (Å²) in [6.07, 6.45) is -3.90. The Morgan fingerprint density at radius 2 is 2.04 bits per heavy atom. The molecular formula is C14H15F4N3OS2. The summed E-state index contributed by atoms with van der Waals surface area (Å²) in [6.45, 7) is 5.06. The molecule has 1 aliphatic heterocycles. The Morgan fingerprint density at radius 1 is 1.42 bits per heavy atom. The second-order valence-corrected chi connectivity index (χ2v) is 9.33. The largest absolute Gasteiger partial charge is 0.436 e. The van der Waals surface area contributed by atoms with E-state index in [4.69, 9.17) is 0 Å². The third kappa shape index (κ3) is 3.43. The molecule has 0 radical (unpaired) electrons. The van der Waals surface area contributed by atoms with Gasteiger partial charge in [0.25, 0.3) is 0 Å². The molecule has 24 heavy (non-hydrogen) atoms. The van der Waals surface area contributed by atoms with E-state index in [1.807, 2.05) is 6.07 Å². The van der Waals surface area contributed by atoms with Crippen LogP contribution in [0.25, 0.3) is 0 Å². The van der Waals surface area contributed by atoms with Crippen molar-refractivity contribution in [1.82, 2.24) is 9.71 Å². The predicted molar refractivity (Wildman–Crippen MR) is 82.9 cm³/mol. The Morgan fingerprint density at radius 3 is 2.54 bits per heavy atom. The Kier molecular flexibility index (Phi) is 5.01. The summed E-state index contributed by atoms with van der Waals surface area (Å²) in [5.74, 6) is -1.28. The van der Waals surface area contributed by atoms with Crippen molar-refractivity contribution < 1.29 is 21.8 Å². The Hall–Kier alpha value is -1.18. The van der Waals surface area contributed by atoms with E-state index in [2.05, 4.69) is 9.71 Å². The fraction of sp³-hybridized carbons (Fsp3) is 0.571. The van der Waals surface area contributed by atoms with Gasteiger partial charge >= 0.3 is 6.18 Å². The highest BCUT2D eigenvalue weighted by Crippen LogP contribution is 2.44. The van der Waals surface area contributed by atoms with Crippen molar-refractivity contribution in [3.63, 3.8) is 0 Å². The SMILES string of the molecule is CC(C)(C)S(=O)N[C@]1(C#N)CCSc2c1cnc(C(F)(F)F)c2F. The van der Waals surface area contributed by atoms with Crippen LogP contribution in [-0.2, 0) is 22.7 Å². The van der Waals surface area contributed by atoms with Crippen LogP contribution in [-0.4, -0.2) is 19.7 Å². The maximum atomic E-state index is 14.3. The first-order valence-electron chi connectivity index (χ1n) is 6.92. The van der Waals surface area contributed by atoms with Crippen molar-refractivity contribution in [1.29, 1.82) is 5.26 Å². The predicted octanol–water partition coefficient (Wildman–Crippen LogP) is 3.51. The van der Waals surface area contributed by atoms with Crippen LogP contribution < -0.4 is 4.72 Å². The minimum atomic E-state index is -4.92. The molecule has 1 aliphatic rings. The Bertz CT molecular complexity index is 724. The molecule has 2 heterocycles. The van der Waals surface area contributed by atoms with Crippen LogP contribution in [0.15, 0.2) is 11.1 Å². The number of nitrogens with zero attached hydrogens (tertiary/aromatic N) is 2. The van der Waals surface area contributed by atoms with E-state index in [9.17, 15) is 27.0 Å². The second-order valence-electron chi connectivity index (χ2n) is 6.26. The highest BCUT2D eigenvalue weighted by molar-refractivity contribution is 7.99. The van der Waals surface area contributed by atoms with Crippen LogP contribution in [0, 0.1) is 17.1 Å². The van der Waals surface area contributed by atoms with Gasteiger partial charge in [-0.3, -0.25) is 0 Å². The van der Waals surface area contributed by atoms with Crippen molar-refractivity contribution in [3.05, 3.63) is 23.3 Å². The van der Waals surface area contributed by atoms with Gasteiger partial charge in [-0.2, -0.15) is 18.4 Å². The van der Waals surface area contributed by atoms with Crippen molar-refractivity contribution in [2.75, 3.05) is 5.75 Å². The third-order valence-electron chi connectivity index (χ3n) is 3.44. The van der Waals surface area contributed by atoms with E-state index in [1.165, 1.54) is 0 Å². The molecule has 132 valence electrons. The van der Waals surface area contributed by atoms with Crippen molar-refractivity contribution >= 4 is 22.7 Å². The molecule has 2 rings (SSSR count). The van der Waals surface area contributed by atoms with Gasteiger partial charge in [-0.05, 0) is 27.2 Å². The lowest BCUT2D eigenvalue weighted by atomic mass is 9.90. The number of fused-ring (bicyclic) bond motifs is 1. The average Bonchev–Trinajstić information content (AvgIpc) is 2.46. The number of hydrogen-bond acceptors (Lipinski definition) is 4. The Labute approximate surface area is 143 Å². The number of alkyl halides is 3. The zero-order valence-corrected chi connectivity index (χ0v) is 14.8. The lowest BCUT2D eigenvalue weighted by Gasteiger charge is -2.35. The maximum absolute atomic E-state index is 14.3. The van der Waals surface area contributed by atoms with Gasteiger partial charge in [-0.1, -0.05) is 0 Å².